The van der Waals surface area contributed by atoms with Crippen LogP contribution in [0.4, 0.5) is 5.82 Å². The molecule has 1 aromatic heterocycles. The molecule has 1 aromatic carbocycles. The van der Waals surface area contributed by atoms with Gasteiger partial charge in [-0.1, -0.05) is 32.9 Å². The molecule has 0 atom stereocenters. The first-order chi connectivity index (χ1) is 9.12. The number of rotatable bonds is 1. The van der Waals surface area contributed by atoms with Gasteiger partial charge in [0.1, 0.15) is 11.5 Å². The quantitative estimate of drug-likeness (QED) is 0.841. The number of nitrogen functional groups attached to an aromatic ring is 1. The monoisotopic (exact) mass is 335 g/mol. The highest BCUT2D eigenvalue weighted by molar-refractivity contribution is 9.10. The summed E-state index contributed by atoms with van der Waals surface area (Å²) in [5.41, 5.74) is 12.0. The molecule has 0 fully saturated rings. The van der Waals surface area contributed by atoms with Crippen molar-refractivity contribution < 1.29 is 0 Å². The van der Waals surface area contributed by atoms with E-state index in [1.165, 1.54) is 16.7 Å². The van der Waals surface area contributed by atoms with E-state index in [1.54, 1.807) is 4.68 Å². The molecule has 0 aliphatic rings. The van der Waals surface area contributed by atoms with Crippen LogP contribution in [0.5, 0.6) is 0 Å². The molecule has 3 nitrogen and oxygen atoms in total. The van der Waals surface area contributed by atoms with Gasteiger partial charge in [0.2, 0.25) is 0 Å². The third kappa shape index (κ3) is 2.49. The van der Waals surface area contributed by atoms with Crippen molar-refractivity contribution in [1.82, 2.24) is 9.78 Å². The van der Waals surface area contributed by atoms with Gasteiger partial charge in [-0.05, 0) is 51.9 Å². The van der Waals surface area contributed by atoms with Crippen molar-refractivity contribution in [3.05, 3.63) is 33.3 Å². The largest absolute Gasteiger partial charge is 0.383 e. The fourth-order valence-corrected chi connectivity index (χ4v) is 2.98. The van der Waals surface area contributed by atoms with Crippen LogP contribution in [0.25, 0.3) is 11.3 Å². The van der Waals surface area contributed by atoms with Gasteiger partial charge in [-0.3, -0.25) is 4.68 Å². The van der Waals surface area contributed by atoms with Crippen molar-refractivity contribution in [3.63, 3.8) is 0 Å². The van der Waals surface area contributed by atoms with Gasteiger partial charge in [0.25, 0.3) is 0 Å². The number of aryl methyl sites for hydroxylation is 3. The molecule has 0 radical (unpaired) electrons. The first kappa shape index (κ1) is 15.1. The second-order valence-corrected chi connectivity index (χ2v) is 7.20. The van der Waals surface area contributed by atoms with E-state index in [2.05, 4.69) is 67.8 Å². The summed E-state index contributed by atoms with van der Waals surface area (Å²) in [6, 6.07) is 4.50. The summed E-state index contributed by atoms with van der Waals surface area (Å²) in [5.74, 6) is 0.652. The highest BCUT2D eigenvalue weighted by Crippen LogP contribution is 2.37. The fraction of sp³-hybridized carbons (Fsp3) is 0.438. The average molecular weight is 336 g/mol. The zero-order valence-corrected chi connectivity index (χ0v) is 14.6. The predicted molar refractivity (Wildman–Crippen MR) is 88.9 cm³/mol. The summed E-state index contributed by atoms with van der Waals surface area (Å²) < 4.78 is 2.57. The lowest BCUT2D eigenvalue weighted by atomic mass is 9.83. The lowest BCUT2D eigenvalue weighted by molar-refractivity contribution is 0.589. The molecule has 108 valence electrons. The van der Waals surface area contributed by atoms with Gasteiger partial charge in [0.05, 0.1) is 4.47 Å². The average Bonchev–Trinajstić information content (AvgIpc) is 2.55. The van der Waals surface area contributed by atoms with Crippen LogP contribution in [-0.4, -0.2) is 9.78 Å². The number of aromatic nitrogens is 2. The number of hydrogen-bond donors (Lipinski definition) is 1. The van der Waals surface area contributed by atoms with Crippen LogP contribution in [0, 0.1) is 13.8 Å². The molecule has 0 amide bonds. The first-order valence-electron chi connectivity index (χ1n) is 6.73. The second kappa shape index (κ2) is 4.92. The SMILES string of the molecule is Cc1cc(C(C)(C)C)cc(C)c1-c1nn(C)c(N)c1Br. The van der Waals surface area contributed by atoms with E-state index in [4.69, 9.17) is 5.73 Å². The van der Waals surface area contributed by atoms with Crippen molar-refractivity contribution in [1.29, 1.82) is 0 Å². The topological polar surface area (TPSA) is 43.8 Å². The Balaban J connectivity index is 2.67. The maximum Gasteiger partial charge on any atom is 0.136 e. The first-order valence-corrected chi connectivity index (χ1v) is 7.52. The van der Waals surface area contributed by atoms with Crippen LogP contribution in [0.1, 0.15) is 37.5 Å². The number of nitrogens with two attached hydrogens (primary N) is 1. The maximum absolute atomic E-state index is 5.99. The standard InChI is InChI=1S/C16H22BrN3/c1-9-7-11(16(3,4)5)8-10(2)12(9)14-13(17)15(18)20(6)19-14/h7-8H,18H2,1-6H3. The Kier molecular flexibility index (Phi) is 3.71. The van der Waals surface area contributed by atoms with E-state index < -0.39 is 0 Å². The number of halogens is 1. The molecular formula is C16H22BrN3. The molecule has 2 N–H and O–H groups in total. The predicted octanol–water partition coefficient (Wildman–Crippen LogP) is 4.35. The Morgan fingerprint density at radius 3 is 2.00 bits per heavy atom. The normalized spacial score (nSPS) is 11.9. The summed E-state index contributed by atoms with van der Waals surface area (Å²) in [6.07, 6.45) is 0. The molecule has 1 heterocycles. The van der Waals surface area contributed by atoms with Crippen molar-refractivity contribution in [3.8, 4) is 11.3 Å². The van der Waals surface area contributed by atoms with E-state index in [0.717, 1.165) is 15.7 Å². The molecule has 0 spiro atoms. The van der Waals surface area contributed by atoms with Crippen LogP contribution < -0.4 is 5.73 Å². The summed E-state index contributed by atoms with van der Waals surface area (Å²) in [6.45, 7) is 11.0. The number of nitrogens with zero attached hydrogens (tertiary/aromatic N) is 2. The maximum atomic E-state index is 5.99. The van der Waals surface area contributed by atoms with Gasteiger partial charge in [0, 0.05) is 12.6 Å². The Hall–Kier alpha value is -1.29. The van der Waals surface area contributed by atoms with Gasteiger partial charge in [-0.25, -0.2) is 0 Å². The summed E-state index contributed by atoms with van der Waals surface area (Å²) in [4.78, 5) is 0. The minimum Gasteiger partial charge on any atom is -0.383 e. The van der Waals surface area contributed by atoms with Gasteiger partial charge < -0.3 is 5.73 Å². The summed E-state index contributed by atoms with van der Waals surface area (Å²) in [7, 11) is 1.86. The van der Waals surface area contributed by atoms with Gasteiger partial charge in [-0.15, -0.1) is 0 Å². The summed E-state index contributed by atoms with van der Waals surface area (Å²) in [5, 5.41) is 4.54. The van der Waals surface area contributed by atoms with E-state index in [0.29, 0.717) is 5.82 Å². The minimum atomic E-state index is 0.147. The van der Waals surface area contributed by atoms with E-state index >= 15 is 0 Å². The number of benzene rings is 1. The smallest absolute Gasteiger partial charge is 0.136 e. The molecule has 20 heavy (non-hydrogen) atoms. The lowest BCUT2D eigenvalue weighted by Gasteiger charge is -2.22. The van der Waals surface area contributed by atoms with E-state index in [-0.39, 0.29) is 5.41 Å². The van der Waals surface area contributed by atoms with Crippen LogP contribution in [0.15, 0.2) is 16.6 Å². The zero-order valence-electron chi connectivity index (χ0n) is 13.0. The van der Waals surface area contributed by atoms with Crippen LogP contribution >= 0.6 is 15.9 Å². The van der Waals surface area contributed by atoms with Crippen LogP contribution in [0.2, 0.25) is 0 Å². The highest BCUT2D eigenvalue weighted by Gasteiger charge is 2.20. The molecule has 0 aliphatic carbocycles. The zero-order chi connectivity index (χ0) is 15.2. The Bertz CT molecular complexity index is 640. The molecule has 0 aliphatic heterocycles. The van der Waals surface area contributed by atoms with Crippen molar-refractivity contribution in [2.75, 3.05) is 5.73 Å². The Labute approximate surface area is 129 Å². The molecular weight excluding hydrogens is 314 g/mol. The van der Waals surface area contributed by atoms with Crippen molar-refractivity contribution in [2.45, 2.75) is 40.0 Å². The van der Waals surface area contributed by atoms with E-state index in [9.17, 15) is 0 Å². The van der Waals surface area contributed by atoms with Gasteiger partial charge in [0.15, 0.2) is 0 Å². The molecule has 2 aromatic rings. The van der Waals surface area contributed by atoms with Gasteiger partial charge >= 0.3 is 0 Å². The van der Waals surface area contributed by atoms with Crippen LogP contribution in [-0.2, 0) is 12.5 Å². The van der Waals surface area contributed by atoms with Crippen LogP contribution in [0.3, 0.4) is 0 Å². The second-order valence-electron chi connectivity index (χ2n) is 6.41. The molecule has 0 saturated carbocycles. The van der Waals surface area contributed by atoms with Crippen molar-refractivity contribution >= 4 is 21.7 Å². The number of anilines is 1. The molecule has 0 bridgehead atoms. The van der Waals surface area contributed by atoms with Crippen molar-refractivity contribution in [2.24, 2.45) is 7.05 Å². The fourth-order valence-electron chi connectivity index (χ4n) is 2.44. The lowest BCUT2D eigenvalue weighted by Crippen LogP contribution is -2.12. The molecule has 0 saturated heterocycles. The van der Waals surface area contributed by atoms with Gasteiger partial charge in [-0.2, -0.15) is 5.10 Å². The Morgan fingerprint density at radius 1 is 1.15 bits per heavy atom. The Morgan fingerprint density at radius 2 is 1.65 bits per heavy atom. The minimum absolute atomic E-state index is 0.147. The highest BCUT2D eigenvalue weighted by atomic mass is 79.9. The molecule has 0 unspecified atom stereocenters. The third-order valence-corrected chi connectivity index (χ3v) is 4.45. The number of hydrogen-bond acceptors (Lipinski definition) is 2. The van der Waals surface area contributed by atoms with E-state index in [1.807, 2.05) is 7.05 Å². The third-order valence-electron chi connectivity index (χ3n) is 3.67. The molecule has 2 rings (SSSR count). The summed E-state index contributed by atoms with van der Waals surface area (Å²) >= 11 is 3.56. The molecule has 4 heteroatoms.